The Labute approximate surface area is 116 Å². The number of carbonyl (C=O) groups excluding carboxylic acids is 1. The Balaban J connectivity index is 1.88. The molecule has 0 fully saturated rings. The number of amides is 2. The summed E-state index contributed by atoms with van der Waals surface area (Å²) >= 11 is 5.82. The van der Waals surface area contributed by atoms with Crippen molar-refractivity contribution in [3.05, 3.63) is 46.6 Å². The number of carbonyl (C=O) groups is 1. The molecule has 0 aliphatic carbocycles. The van der Waals surface area contributed by atoms with E-state index in [1.54, 1.807) is 24.3 Å². The number of oxazole rings is 1. The van der Waals surface area contributed by atoms with Gasteiger partial charge in [0.25, 0.3) is 0 Å². The van der Waals surface area contributed by atoms with E-state index in [9.17, 15) is 4.79 Å². The van der Waals surface area contributed by atoms with E-state index in [0.717, 1.165) is 11.5 Å². The lowest BCUT2D eigenvalue weighted by molar-refractivity contribution is 0.250. The molecule has 0 radical (unpaired) electrons. The maximum Gasteiger partial charge on any atom is 0.319 e. The summed E-state index contributed by atoms with van der Waals surface area (Å²) in [6.45, 7) is 3.92. The van der Waals surface area contributed by atoms with Crippen LogP contribution < -0.4 is 10.6 Å². The highest BCUT2D eigenvalue weighted by Gasteiger charge is 2.07. The fraction of sp³-hybridized carbons (Fsp3) is 0.231. The van der Waals surface area contributed by atoms with Crippen LogP contribution >= 0.6 is 11.6 Å². The number of halogens is 1. The molecule has 2 amide bonds. The minimum absolute atomic E-state index is 0.237. The van der Waals surface area contributed by atoms with E-state index < -0.39 is 0 Å². The average Bonchev–Trinajstić information content (AvgIpc) is 2.66. The molecule has 2 N–H and O–H groups in total. The predicted octanol–water partition coefficient (Wildman–Crippen LogP) is 3.27. The molecular formula is C13H14ClN3O2. The Morgan fingerprint density at radius 2 is 2.21 bits per heavy atom. The Morgan fingerprint density at radius 3 is 2.84 bits per heavy atom. The molecule has 0 aliphatic heterocycles. The van der Waals surface area contributed by atoms with Crippen molar-refractivity contribution in [1.29, 1.82) is 0 Å². The van der Waals surface area contributed by atoms with Crippen molar-refractivity contribution >= 4 is 23.3 Å². The zero-order valence-corrected chi connectivity index (χ0v) is 11.4. The number of urea groups is 1. The minimum atomic E-state index is -0.337. The average molecular weight is 280 g/mol. The molecule has 6 heteroatoms. The van der Waals surface area contributed by atoms with Gasteiger partial charge in [-0.25, -0.2) is 9.78 Å². The number of nitrogens with one attached hydrogen (secondary N) is 2. The van der Waals surface area contributed by atoms with Crippen molar-refractivity contribution in [1.82, 2.24) is 10.3 Å². The van der Waals surface area contributed by atoms with Crippen LogP contribution in [0.1, 0.15) is 17.3 Å². The molecule has 100 valence electrons. The fourth-order valence-electron chi connectivity index (χ4n) is 1.51. The van der Waals surface area contributed by atoms with Gasteiger partial charge < -0.3 is 15.1 Å². The first-order valence-electron chi connectivity index (χ1n) is 5.78. The van der Waals surface area contributed by atoms with Crippen molar-refractivity contribution in [2.45, 2.75) is 20.4 Å². The van der Waals surface area contributed by atoms with Crippen LogP contribution in [0.25, 0.3) is 0 Å². The number of rotatable bonds is 3. The molecule has 1 aromatic carbocycles. The number of hydrogen-bond donors (Lipinski definition) is 2. The number of hydrogen-bond acceptors (Lipinski definition) is 3. The van der Waals surface area contributed by atoms with E-state index in [-0.39, 0.29) is 12.6 Å². The van der Waals surface area contributed by atoms with E-state index in [4.69, 9.17) is 16.0 Å². The van der Waals surface area contributed by atoms with Crippen LogP contribution in [0.2, 0.25) is 5.02 Å². The van der Waals surface area contributed by atoms with Crippen LogP contribution in [0, 0.1) is 13.8 Å². The lowest BCUT2D eigenvalue weighted by Gasteiger charge is -2.06. The van der Waals surface area contributed by atoms with Gasteiger partial charge in [0.2, 0.25) is 5.89 Å². The van der Waals surface area contributed by atoms with Gasteiger partial charge in [-0.2, -0.15) is 0 Å². The first kappa shape index (κ1) is 13.4. The van der Waals surface area contributed by atoms with Gasteiger partial charge in [-0.1, -0.05) is 17.7 Å². The van der Waals surface area contributed by atoms with Gasteiger partial charge in [-0.15, -0.1) is 0 Å². The third-order valence-corrected chi connectivity index (χ3v) is 2.79. The second-order valence-corrected chi connectivity index (χ2v) is 4.50. The third kappa shape index (κ3) is 3.72. The molecule has 0 aliphatic rings. The third-order valence-electron chi connectivity index (χ3n) is 2.56. The molecule has 0 bridgehead atoms. The highest BCUT2D eigenvalue weighted by molar-refractivity contribution is 6.30. The van der Waals surface area contributed by atoms with Gasteiger partial charge in [-0.3, -0.25) is 0 Å². The first-order chi connectivity index (χ1) is 9.04. The smallest absolute Gasteiger partial charge is 0.319 e. The zero-order chi connectivity index (χ0) is 13.8. The molecule has 0 unspecified atom stereocenters. The minimum Gasteiger partial charge on any atom is -0.444 e. The summed E-state index contributed by atoms with van der Waals surface area (Å²) in [5, 5.41) is 5.89. The molecular weight excluding hydrogens is 266 g/mol. The van der Waals surface area contributed by atoms with E-state index in [1.165, 1.54) is 0 Å². The Bertz CT molecular complexity index is 576. The second kappa shape index (κ2) is 5.75. The standard InChI is InChI=1S/C13H14ClN3O2/c1-8-9(2)19-12(16-8)7-15-13(18)17-11-5-3-4-10(14)6-11/h3-6H,7H2,1-2H3,(H2,15,17,18). The molecule has 0 atom stereocenters. The van der Waals surface area contributed by atoms with Crippen molar-refractivity contribution in [3.8, 4) is 0 Å². The van der Waals surface area contributed by atoms with Crippen molar-refractivity contribution in [2.24, 2.45) is 0 Å². The highest BCUT2D eigenvalue weighted by Crippen LogP contribution is 2.14. The summed E-state index contributed by atoms with van der Waals surface area (Å²) in [4.78, 5) is 15.8. The molecule has 0 spiro atoms. The van der Waals surface area contributed by atoms with Crippen molar-refractivity contribution in [2.75, 3.05) is 5.32 Å². The summed E-state index contributed by atoms with van der Waals surface area (Å²) in [7, 11) is 0. The van der Waals surface area contributed by atoms with E-state index >= 15 is 0 Å². The molecule has 19 heavy (non-hydrogen) atoms. The number of benzene rings is 1. The Kier molecular flexibility index (Phi) is 4.06. The fourth-order valence-corrected chi connectivity index (χ4v) is 1.70. The predicted molar refractivity (Wildman–Crippen MR) is 73.3 cm³/mol. The Hall–Kier alpha value is -2.01. The maximum absolute atomic E-state index is 11.7. The van der Waals surface area contributed by atoms with Gasteiger partial charge in [-0.05, 0) is 32.0 Å². The lowest BCUT2D eigenvalue weighted by Crippen LogP contribution is -2.28. The molecule has 5 nitrogen and oxygen atoms in total. The van der Waals surface area contributed by atoms with Crippen molar-refractivity contribution < 1.29 is 9.21 Å². The van der Waals surface area contributed by atoms with Crippen LogP contribution in [0.3, 0.4) is 0 Å². The van der Waals surface area contributed by atoms with Gasteiger partial charge >= 0.3 is 6.03 Å². The van der Waals surface area contributed by atoms with Gasteiger partial charge in [0.1, 0.15) is 5.76 Å². The van der Waals surface area contributed by atoms with Crippen LogP contribution in [0.5, 0.6) is 0 Å². The van der Waals surface area contributed by atoms with Crippen LogP contribution in [0.15, 0.2) is 28.7 Å². The second-order valence-electron chi connectivity index (χ2n) is 4.07. The topological polar surface area (TPSA) is 67.2 Å². The molecule has 0 saturated heterocycles. The monoisotopic (exact) mass is 279 g/mol. The first-order valence-corrected chi connectivity index (χ1v) is 6.16. The molecule has 2 aromatic rings. The molecule has 1 aromatic heterocycles. The van der Waals surface area contributed by atoms with Crippen LogP contribution in [-0.4, -0.2) is 11.0 Å². The molecule has 1 heterocycles. The lowest BCUT2D eigenvalue weighted by atomic mass is 10.3. The highest BCUT2D eigenvalue weighted by atomic mass is 35.5. The van der Waals surface area contributed by atoms with Crippen LogP contribution in [0.4, 0.5) is 10.5 Å². The summed E-state index contributed by atoms with van der Waals surface area (Å²) in [6.07, 6.45) is 0. The SMILES string of the molecule is Cc1nc(CNC(=O)Nc2cccc(Cl)c2)oc1C. The largest absolute Gasteiger partial charge is 0.444 e. The summed E-state index contributed by atoms with van der Waals surface area (Å²) in [6, 6.07) is 6.59. The normalized spacial score (nSPS) is 10.3. The Morgan fingerprint density at radius 1 is 1.42 bits per heavy atom. The zero-order valence-electron chi connectivity index (χ0n) is 10.7. The number of aryl methyl sites for hydroxylation is 2. The summed E-state index contributed by atoms with van der Waals surface area (Å²) in [5.74, 6) is 1.24. The van der Waals surface area contributed by atoms with Gasteiger partial charge in [0, 0.05) is 10.7 Å². The van der Waals surface area contributed by atoms with E-state index in [2.05, 4.69) is 15.6 Å². The molecule has 2 rings (SSSR count). The van der Waals surface area contributed by atoms with E-state index in [1.807, 2.05) is 13.8 Å². The summed E-state index contributed by atoms with van der Waals surface area (Å²) in [5.41, 5.74) is 1.46. The van der Waals surface area contributed by atoms with E-state index in [0.29, 0.717) is 16.6 Å². The maximum atomic E-state index is 11.7. The van der Waals surface area contributed by atoms with Gasteiger partial charge in [0.05, 0.1) is 12.2 Å². The quantitative estimate of drug-likeness (QED) is 0.906. The number of nitrogens with zero attached hydrogens (tertiary/aromatic N) is 1. The summed E-state index contributed by atoms with van der Waals surface area (Å²) < 4.78 is 5.36. The van der Waals surface area contributed by atoms with Crippen LogP contribution in [-0.2, 0) is 6.54 Å². The van der Waals surface area contributed by atoms with Gasteiger partial charge in [0.15, 0.2) is 0 Å². The molecule has 0 saturated carbocycles. The number of anilines is 1. The number of aromatic nitrogens is 1. The van der Waals surface area contributed by atoms with Crippen molar-refractivity contribution in [3.63, 3.8) is 0 Å².